The molecule has 3 heteroatoms. The summed E-state index contributed by atoms with van der Waals surface area (Å²) in [7, 11) is 1.68. The highest BCUT2D eigenvalue weighted by atomic mass is 16.9. The molecule has 1 fully saturated rings. The van der Waals surface area contributed by atoms with Gasteiger partial charge in [0.25, 0.3) is 0 Å². The molecular formula is C17H19NO2. The van der Waals surface area contributed by atoms with Crippen LogP contribution in [-0.4, -0.2) is 18.2 Å². The largest absolute Gasteiger partial charge is 0.497 e. The molecule has 2 atom stereocenters. The van der Waals surface area contributed by atoms with Gasteiger partial charge in [0.1, 0.15) is 5.75 Å². The van der Waals surface area contributed by atoms with Crippen LogP contribution in [0.3, 0.4) is 0 Å². The van der Waals surface area contributed by atoms with Crippen molar-refractivity contribution < 1.29 is 9.57 Å². The zero-order valence-electron chi connectivity index (χ0n) is 12.0. The van der Waals surface area contributed by atoms with Gasteiger partial charge in [-0.25, -0.2) is 0 Å². The Bertz CT molecular complexity index is 580. The fourth-order valence-corrected chi connectivity index (χ4v) is 2.60. The average Bonchev–Trinajstić information content (AvgIpc) is 3.25. The van der Waals surface area contributed by atoms with E-state index in [-0.39, 0.29) is 0 Å². The maximum Gasteiger partial charge on any atom is 0.215 e. The van der Waals surface area contributed by atoms with Crippen molar-refractivity contribution in [2.24, 2.45) is 0 Å². The number of hydrogen-bond acceptors (Lipinski definition) is 3. The summed E-state index contributed by atoms with van der Waals surface area (Å²) >= 11 is 0. The van der Waals surface area contributed by atoms with Crippen LogP contribution in [0.25, 0.3) is 0 Å². The van der Waals surface area contributed by atoms with E-state index in [2.05, 4.69) is 38.1 Å². The fourth-order valence-electron chi connectivity index (χ4n) is 2.60. The number of benzene rings is 2. The molecule has 1 saturated heterocycles. The van der Waals surface area contributed by atoms with E-state index in [1.807, 2.05) is 35.4 Å². The molecule has 3 nitrogen and oxygen atoms in total. The van der Waals surface area contributed by atoms with E-state index in [1.165, 1.54) is 0 Å². The topological polar surface area (TPSA) is 24.8 Å². The Hall–Kier alpha value is -1.84. The van der Waals surface area contributed by atoms with Gasteiger partial charge in [0.15, 0.2) is 0 Å². The van der Waals surface area contributed by atoms with Crippen LogP contribution in [0.2, 0.25) is 0 Å². The highest BCUT2D eigenvalue weighted by Gasteiger charge is 2.59. The number of rotatable bonds is 4. The van der Waals surface area contributed by atoms with Gasteiger partial charge >= 0.3 is 0 Å². The van der Waals surface area contributed by atoms with Crippen LogP contribution in [0.4, 0.5) is 0 Å². The highest BCUT2D eigenvalue weighted by Crippen LogP contribution is 2.51. The third kappa shape index (κ3) is 1.99. The highest BCUT2D eigenvalue weighted by molar-refractivity contribution is 5.41. The summed E-state index contributed by atoms with van der Waals surface area (Å²) in [5.41, 5.74) is 1.82. The Morgan fingerprint density at radius 1 is 0.950 bits per heavy atom. The molecule has 0 N–H and O–H groups in total. The van der Waals surface area contributed by atoms with Gasteiger partial charge in [0.05, 0.1) is 7.11 Å². The summed E-state index contributed by atoms with van der Waals surface area (Å²) in [5, 5.41) is 2.03. The minimum absolute atomic E-state index is 0.317. The molecule has 0 aromatic heterocycles. The smallest absolute Gasteiger partial charge is 0.215 e. The standard InChI is InChI=1S/C17H19NO2/c1-13(2)18-17(20-18,14-7-5-4-6-8-14)15-9-11-16(19-3)12-10-15/h4-13H,1-3H3/t17-,18?/m0/s1. The van der Waals surface area contributed by atoms with E-state index in [9.17, 15) is 0 Å². The Kier molecular flexibility index (Phi) is 3.24. The van der Waals surface area contributed by atoms with Gasteiger partial charge in [0, 0.05) is 17.2 Å². The zero-order chi connectivity index (χ0) is 14.2. The van der Waals surface area contributed by atoms with E-state index in [0.29, 0.717) is 6.04 Å². The van der Waals surface area contributed by atoms with Gasteiger partial charge < -0.3 is 4.74 Å². The zero-order valence-corrected chi connectivity index (χ0v) is 12.0. The third-order valence-electron chi connectivity index (χ3n) is 3.62. The summed E-state index contributed by atoms with van der Waals surface area (Å²) in [6, 6.07) is 18.7. The molecule has 1 aliphatic heterocycles. The van der Waals surface area contributed by atoms with Crippen molar-refractivity contribution in [2.45, 2.75) is 25.6 Å². The lowest BCUT2D eigenvalue weighted by Crippen LogP contribution is -2.22. The molecule has 2 aromatic carbocycles. The fraction of sp³-hybridized carbons (Fsp3) is 0.294. The van der Waals surface area contributed by atoms with Gasteiger partial charge in [-0.1, -0.05) is 42.5 Å². The quantitative estimate of drug-likeness (QED) is 0.793. The molecule has 104 valence electrons. The molecule has 0 amide bonds. The summed E-state index contributed by atoms with van der Waals surface area (Å²) < 4.78 is 5.23. The maximum atomic E-state index is 6.00. The molecule has 0 radical (unpaired) electrons. The van der Waals surface area contributed by atoms with Gasteiger partial charge in [-0.3, -0.25) is 4.84 Å². The first-order chi connectivity index (χ1) is 9.68. The number of ether oxygens (including phenoxy) is 1. The first-order valence-electron chi connectivity index (χ1n) is 6.87. The number of hydrogen-bond donors (Lipinski definition) is 0. The van der Waals surface area contributed by atoms with Gasteiger partial charge in [-0.15, -0.1) is 5.06 Å². The van der Waals surface area contributed by atoms with E-state index in [0.717, 1.165) is 16.9 Å². The lowest BCUT2D eigenvalue weighted by Gasteiger charge is -2.15. The molecule has 0 bridgehead atoms. The van der Waals surface area contributed by atoms with Crippen molar-refractivity contribution in [3.05, 3.63) is 65.7 Å². The molecule has 1 heterocycles. The van der Waals surface area contributed by atoms with Crippen LogP contribution >= 0.6 is 0 Å². The second kappa shape index (κ2) is 4.93. The Morgan fingerprint density at radius 2 is 1.55 bits per heavy atom. The molecule has 0 saturated carbocycles. The lowest BCUT2D eigenvalue weighted by molar-refractivity contribution is 0.162. The summed E-state index contributed by atoms with van der Waals surface area (Å²) in [6.07, 6.45) is 0. The van der Waals surface area contributed by atoms with Gasteiger partial charge in [0.2, 0.25) is 5.72 Å². The predicted octanol–water partition coefficient (Wildman–Crippen LogP) is 3.55. The van der Waals surface area contributed by atoms with Crippen LogP contribution in [-0.2, 0) is 10.6 Å². The number of nitrogens with zero attached hydrogens (tertiary/aromatic N) is 1. The normalized spacial score (nSPS) is 24.7. The van der Waals surface area contributed by atoms with Crippen molar-refractivity contribution in [1.29, 1.82) is 0 Å². The minimum atomic E-state index is -0.457. The molecule has 0 aliphatic carbocycles. The monoisotopic (exact) mass is 269 g/mol. The van der Waals surface area contributed by atoms with E-state index in [4.69, 9.17) is 9.57 Å². The second-order valence-electron chi connectivity index (χ2n) is 5.25. The van der Waals surface area contributed by atoms with Crippen molar-refractivity contribution >= 4 is 0 Å². The SMILES string of the molecule is COc1ccc([C@]2(c3ccccc3)ON2C(C)C)cc1. The van der Waals surface area contributed by atoms with Gasteiger partial charge in [-0.05, 0) is 26.0 Å². The first-order valence-corrected chi connectivity index (χ1v) is 6.87. The molecular weight excluding hydrogens is 250 g/mol. The van der Waals surface area contributed by atoms with E-state index >= 15 is 0 Å². The van der Waals surface area contributed by atoms with Gasteiger partial charge in [-0.2, -0.15) is 0 Å². The van der Waals surface area contributed by atoms with Crippen molar-refractivity contribution in [1.82, 2.24) is 5.06 Å². The second-order valence-corrected chi connectivity index (χ2v) is 5.25. The van der Waals surface area contributed by atoms with Crippen molar-refractivity contribution in [3.63, 3.8) is 0 Å². The Labute approximate surface area is 119 Å². The molecule has 20 heavy (non-hydrogen) atoms. The van der Waals surface area contributed by atoms with Crippen LogP contribution in [0.15, 0.2) is 54.6 Å². The van der Waals surface area contributed by atoms with E-state index in [1.54, 1.807) is 7.11 Å². The predicted molar refractivity (Wildman–Crippen MR) is 78.3 cm³/mol. The molecule has 1 unspecified atom stereocenters. The molecule has 1 aliphatic rings. The summed E-state index contributed by atoms with van der Waals surface area (Å²) in [4.78, 5) is 6.00. The third-order valence-corrected chi connectivity index (χ3v) is 3.62. The van der Waals surface area contributed by atoms with Crippen LogP contribution in [0, 0.1) is 0 Å². The molecule has 2 aromatic rings. The number of methoxy groups -OCH3 is 1. The van der Waals surface area contributed by atoms with E-state index < -0.39 is 5.72 Å². The maximum absolute atomic E-state index is 6.00. The summed E-state index contributed by atoms with van der Waals surface area (Å²) in [5.74, 6) is 0.855. The minimum Gasteiger partial charge on any atom is -0.497 e. The Balaban J connectivity index is 2.03. The van der Waals surface area contributed by atoms with Crippen molar-refractivity contribution in [3.8, 4) is 5.75 Å². The summed E-state index contributed by atoms with van der Waals surface area (Å²) in [6.45, 7) is 4.27. The number of hydroxylamine groups is 2. The Morgan fingerprint density at radius 3 is 2.05 bits per heavy atom. The van der Waals surface area contributed by atoms with Crippen LogP contribution in [0.5, 0.6) is 5.75 Å². The lowest BCUT2D eigenvalue weighted by atomic mass is 9.96. The molecule has 3 rings (SSSR count). The molecule has 0 spiro atoms. The first kappa shape index (κ1) is 13.2. The average molecular weight is 269 g/mol. The van der Waals surface area contributed by atoms with Crippen LogP contribution in [0.1, 0.15) is 25.0 Å². The van der Waals surface area contributed by atoms with Crippen molar-refractivity contribution in [2.75, 3.05) is 7.11 Å². The van der Waals surface area contributed by atoms with Crippen LogP contribution < -0.4 is 4.74 Å².